The topological polar surface area (TPSA) is 60.0 Å². The number of piperidine rings is 1. The van der Waals surface area contributed by atoms with Crippen molar-refractivity contribution in [2.45, 2.75) is 12.8 Å². The van der Waals surface area contributed by atoms with Gasteiger partial charge in [0.25, 0.3) is 0 Å². The molecule has 0 aromatic heterocycles. The zero-order valence-corrected chi connectivity index (χ0v) is 14.9. The number of amides is 1. The predicted molar refractivity (Wildman–Crippen MR) is 92.3 cm³/mol. The molecule has 0 bridgehead atoms. The number of halogens is 1. The quantitative estimate of drug-likeness (QED) is 0.886. The molecule has 1 aromatic rings. The zero-order valence-electron chi connectivity index (χ0n) is 14.0. The molecular weight excluding hydrogens is 320 g/mol. The van der Waals surface area contributed by atoms with E-state index < -0.39 is 0 Å². The molecule has 1 saturated heterocycles. The Bertz CT molecular complexity index is 508. The molecule has 0 radical (unpaired) electrons. The van der Waals surface area contributed by atoms with Crippen molar-refractivity contribution in [1.82, 2.24) is 5.32 Å². The van der Waals surface area contributed by atoms with Crippen LogP contribution < -0.4 is 24.4 Å². The van der Waals surface area contributed by atoms with Crippen molar-refractivity contribution >= 4 is 24.0 Å². The van der Waals surface area contributed by atoms with Gasteiger partial charge in [0.1, 0.15) is 0 Å². The van der Waals surface area contributed by atoms with E-state index in [2.05, 4.69) is 5.32 Å². The van der Waals surface area contributed by atoms with E-state index in [9.17, 15) is 4.79 Å². The van der Waals surface area contributed by atoms with Gasteiger partial charge in [0.05, 0.1) is 32.9 Å². The lowest BCUT2D eigenvalue weighted by Crippen LogP contribution is -2.41. The van der Waals surface area contributed by atoms with Gasteiger partial charge in [-0.2, -0.15) is 0 Å². The summed E-state index contributed by atoms with van der Waals surface area (Å²) in [6.45, 7) is 1.71. The van der Waals surface area contributed by atoms with Crippen molar-refractivity contribution < 1.29 is 19.0 Å². The Morgan fingerprint density at radius 1 is 1.17 bits per heavy atom. The minimum atomic E-state index is 0. The first-order valence-electron chi connectivity index (χ1n) is 7.40. The molecule has 1 aliphatic heterocycles. The Balaban J connectivity index is 0.00000264. The molecule has 130 valence electrons. The summed E-state index contributed by atoms with van der Waals surface area (Å²) in [6.07, 6.45) is 1.94. The van der Waals surface area contributed by atoms with Gasteiger partial charge in [-0.1, -0.05) is 0 Å². The van der Waals surface area contributed by atoms with Gasteiger partial charge in [0, 0.05) is 25.7 Å². The molecule has 23 heavy (non-hydrogen) atoms. The summed E-state index contributed by atoms with van der Waals surface area (Å²) >= 11 is 0. The zero-order chi connectivity index (χ0) is 16.1. The standard InChI is InChI=1S/C16H24N2O4.ClH/c1-18(16(19)11-6-5-7-17-10-11)12-8-13(20-2)15(22-4)14(9-12)21-3;/h8-9,11,17H,5-7,10H2,1-4H3;1H. The summed E-state index contributed by atoms with van der Waals surface area (Å²) in [5.74, 6) is 1.71. The maximum absolute atomic E-state index is 12.6. The molecule has 1 amide bonds. The molecule has 1 heterocycles. The van der Waals surface area contributed by atoms with Gasteiger partial charge in [-0.15, -0.1) is 12.4 Å². The average Bonchev–Trinajstić information content (AvgIpc) is 2.59. The van der Waals surface area contributed by atoms with Gasteiger partial charge in [-0.25, -0.2) is 0 Å². The monoisotopic (exact) mass is 344 g/mol. The van der Waals surface area contributed by atoms with E-state index in [-0.39, 0.29) is 24.2 Å². The first-order chi connectivity index (χ1) is 10.6. The second kappa shape index (κ2) is 8.84. The third-order valence-electron chi connectivity index (χ3n) is 4.01. The Hall–Kier alpha value is -1.66. The number of carbonyl (C=O) groups excluding carboxylic acids is 1. The minimum Gasteiger partial charge on any atom is -0.493 e. The van der Waals surface area contributed by atoms with Gasteiger partial charge in [-0.05, 0) is 19.4 Å². The third kappa shape index (κ3) is 4.20. The fourth-order valence-corrected chi connectivity index (χ4v) is 2.72. The molecular formula is C16H25ClN2O4. The Kier molecular flexibility index (Phi) is 7.45. The van der Waals surface area contributed by atoms with E-state index in [4.69, 9.17) is 14.2 Å². The summed E-state index contributed by atoms with van der Waals surface area (Å²) in [7, 11) is 6.46. The van der Waals surface area contributed by atoms with Crippen molar-refractivity contribution in [3.63, 3.8) is 0 Å². The molecule has 1 aliphatic rings. The molecule has 1 aromatic carbocycles. The molecule has 0 spiro atoms. The second-order valence-electron chi connectivity index (χ2n) is 5.32. The van der Waals surface area contributed by atoms with E-state index in [0.29, 0.717) is 17.2 Å². The van der Waals surface area contributed by atoms with Gasteiger partial charge in [-0.3, -0.25) is 4.79 Å². The summed E-state index contributed by atoms with van der Waals surface area (Å²) in [5, 5.41) is 3.27. The smallest absolute Gasteiger partial charge is 0.231 e. The van der Waals surface area contributed by atoms with E-state index >= 15 is 0 Å². The summed E-state index contributed by atoms with van der Waals surface area (Å²) in [5.41, 5.74) is 0.727. The van der Waals surface area contributed by atoms with E-state index in [0.717, 1.165) is 31.6 Å². The molecule has 7 heteroatoms. The molecule has 0 saturated carbocycles. The number of ether oxygens (including phenoxy) is 3. The SMILES string of the molecule is COc1cc(N(C)C(=O)C2CCCNC2)cc(OC)c1OC.Cl. The van der Waals surface area contributed by atoms with Gasteiger partial charge in [0.2, 0.25) is 11.7 Å². The highest BCUT2D eigenvalue weighted by atomic mass is 35.5. The number of rotatable bonds is 5. The van der Waals surface area contributed by atoms with Crippen LogP contribution in [0, 0.1) is 5.92 Å². The van der Waals surface area contributed by atoms with Crippen LogP contribution in [0.25, 0.3) is 0 Å². The first-order valence-corrected chi connectivity index (χ1v) is 7.40. The number of benzene rings is 1. The van der Waals surface area contributed by atoms with Crippen molar-refractivity contribution in [2.24, 2.45) is 5.92 Å². The number of nitrogens with zero attached hydrogens (tertiary/aromatic N) is 1. The highest BCUT2D eigenvalue weighted by Crippen LogP contribution is 2.41. The summed E-state index contributed by atoms with van der Waals surface area (Å²) in [6, 6.07) is 3.57. The molecule has 2 rings (SSSR count). The van der Waals surface area contributed by atoms with Crippen LogP contribution in [0.3, 0.4) is 0 Å². The van der Waals surface area contributed by atoms with Crippen LogP contribution >= 0.6 is 12.4 Å². The van der Waals surface area contributed by atoms with E-state index in [1.54, 1.807) is 45.4 Å². The van der Waals surface area contributed by atoms with Gasteiger partial charge < -0.3 is 24.4 Å². The summed E-state index contributed by atoms with van der Waals surface area (Å²) < 4.78 is 16.0. The Morgan fingerprint density at radius 3 is 2.22 bits per heavy atom. The molecule has 1 N–H and O–H groups in total. The highest BCUT2D eigenvalue weighted by Gasteiger charge is 2.26. The van der Waals surface area contributed by atoms with Crippen LogP contribution in [0.2, 0.25) is 0 Å². The Labute approximate surface area is 143 Å². The van der Waals surface area contributed by atoms with Crippen LogP contribution in [-0.2, 0) is 4.79 Å². The lowest BCUT2D eigenvalue weighted by Gasteiger charge is -2.27. The largest absolute Gasteiger partial charge is 0.493 e. The number of carbonyl (C=O) groups is 1. The van der Waals surface area contributed by atoms with Crippen LogP contribution in [0.15, 0.2) is 12.1 Å². The molecule has 1 fully saturated rings. The number of hydrogen-bond donors (Lipinski definition) is 1. The van der Waals surface area contributed by atoms with Gasteiger partial charge >= 0.3 is 0 Å². The van der Waals surface area contributed by atoms with Crippen LogP contribution in [-0.4, -0.2) is 47.4 Å². The highest BCUT2D eigenvalue weighted by molar-refractivity contribution is 5.95. The molecule has 0 aliphatic carbocycles. The third-order valence-corrected chi connectivity index (χ3v) is 4.01. The van der Waals surface area contributed by atoms with Gasteiger partial charge in [0.15, 0.2) is 11.5 Å². The first kappa shape index (κ1) is 19.4. The maximum atomic E-state index is 12.6. The molecule has 1 atom stereocenters. The van der Waals surface area contributed by atoms with Crippen LogP contribution in [0.4, 0.5) is 5.69 Å². The number of hydrogen-bond acceptors (Lipinski definition) is 5. The van der Waals surface area contributed by atoms with Crippen molar-refractivity contribution in [3.8, 4) is 17.2 Å². The average molecular weight is 345 g/mol. The lowest BCUT2D eigenvalue weighted by molar-refractivity contribution is -0.122. The normalized spacial score (nSPS) is 17.0. The van der Waals surface area contributed by atoms with E-state index in [1.165, 1.54) is 0 Å². The fraction of sp³-hybridized carbons (Fsp3) is 0.562. The summed E-state index contributed by atoms with van der Waals surface area (Å²) in [4.78, 5) is 14.3. The Morgan fingerprint density at radius 2 is 1.78 bits per heavy atom. The maximum Gasteiger partial charge on any atom is 0.231 e. The fourth-order valence-electron chi connectivity index (χ4n) is 2.72. The van der Waals surface area contributed by atoms with E-state index in [1.807, 2.05) is 0 Å². The van der Waals surface area contributed by atoms with Crippen LogP contribution in [0.1, 0.15) is 12.8 Å². The van der Waals surface area contributed by atoms with Crippen molar-refractivity contribution in [1.29, 1.82) is 0 Å². The molecule has 1 unspecified atom stereocenters. The second-order valence-corrected chi connectivity index (χ2v) is 5.32. The number of anilines is 1. The molecule has 6 nitrogen and oxygen atoms in total. The van der Waals surface area contributed by atoms with Crippen molar-refractivity contribution in [3.05, 3.63) is 12.1 Å². The van der Waals surface area contributed by atoms with Crippen molar-refractivity contribution in [2.75, 3.05) is 46.4 Å². The van der Waals surface area contributed by atoms with Crippen LogP contribution in [0.5, 0.6) is 17.2 Å². The number of methoxy groups -OCH3 is 3. The minimum absolute atomic E-state index is 0. The predicted octanol–water partition coefficient (Wildman–Crippen LogP) is 2.10. The lowest BCUT2D eigenvalue weighted by atomic mass is 9.98. The number of nitrogens with one attached hydrogen (secondary N) is 1.